The van der Waals surface area contributed by atoms with Gasteiger partial charge in [-0.15, -0.1) is 10.2 Å². The number of benzene rings is 1. The zero-order valence-electron chi connectivity index (χ0n) is 10.5. The predicted octanol–water partition coefficient (Wildman–Crippen LogP) is 1.94. The molecule has 0 saturated carbocycles. The SMILES string of the molecule is CCn1c(-c2cc(F)ccc2[N+](=O)[O-])nnc1S(=O)(=O)Cl. The van der Waals surface area contributed by atoms with Crippen molar-refractivity contribution in [2.45, 2.75) is 18.6 Å². The van der Waals surface area contributed by atoms with E-state index in [1.807, 2.05) is 0 Å². The van der Waals surface area contributed by atoms with Crippen LogP contribution in [0.25, 0.3) is 11.4 Å². The Morgan fingerprint density at radius 1 is 1.43 bits per heavy atom. The van der Waals surface area contributed by atoms with Gasteiger partial charge in [0.05, 0.1) is 10.5 Å². The maximum atomic E-state index is 13.3. The second kappa shape index (κ2) is 5.37. The van der Waals surface area contributed by atoms with E-state index >= 15 is 0 Å². The molecule has 0 atom stereocenters. The van der Waals surface area contributed by atoms with Gasteiger partial charge in [0.1, 0.15) is 5.82 Å². The quantitative estimate of drug-likeness (QED) is 0.480. The first-order valence-electron chi connectivity index (χ1n) is 5.58. The summed E-state index contributed by atoms with van der Waals surface area (Å²) in [4.78, 5) is 10.3. The summed E-state index contributed by atoms with van der Waals surface area (Å²) in [5, 5.41) is 17.4. The Morgan fingerprint density at radius 3 is 2.62 bits per heavy atom. The minimum absolute atomic E-state index is 0.0806. The molecule has 0 aliphatic carbocycles. The largest absolute Gasteiger partial charge is 0.297 e. The van der Waals surface area contributed by atoms with Gasteiger partial charge in [0.15, 0.2) is 5.82 Å². The number of nitro groups is 1. The summed E-state index contributed by atoms with van der Waals surface area (Å²) in [6, 6.07) is 2.78. The van der Waals surface area contributed by atoms with E-state index in [1.165, 1.54) is 0 Å². The van der Waals surface area contributed by atoms with Crippen LogP contribution in [0.3, 0.4) is 0 Å². The van der Waals surface area contributed by atoms with E-state index in [2.05, 4.69) is 10.2 Å². The molecule has 2 aromatic rings. The van der Waals surface area contributed by atoms with Crippen molar-refractivity contribution in [2.24, 2.45) is 0 Å². The van der Waals surface area contributed by atoms with Gasteiger partial charge >= 0.3 is 0 Å². The topological polar surface area (TPSA) is 108 Å². The van der Waals surface area contributed by atoms with Gasteiger partial charge in [0, 0.05) is 23.3 Å². The summed E-state index contributed by atoms with van der Waals surface area (Å²) in [6.45, 7) is 1.65. The van der Waals surface area contributed by atoms with Crippen molar-refractivity contribution >= 4 is 25.4 Å². The number of nitro benzene ring substituents is 1. The number of halogens is 2. The lowest BCUT2D eigenvalue weighted by molar-refractivity contribution is -0.384. The lowest BCUT2D eigenvalue weighted by atomic mass is 10.1. The molecular formula is C10H8ClFN4O4S. The van der Waals surface area contributed by atoms with E-state index in [-0.39, 0.29) is 17.9 Å². The molecule has 0 N–H and O–H groups in total. The van der Waals surface area contributed by atoms with Gasteiger partial charge < -0.3 is 0 Å². The molecule has 0 amide bonds. The van der Waals surface area contributed by atoms with Gasteiger partial charge in [-0.25, -0.2) is 12.8 Å². The van der Waals surface area contributed by atoms with E-state index in [9.17, 15) is 22.9 Å². The van der Waals surface area contributed by atoms with Gasteiger partial charge in [0.25, 0.3) is 19.9 Å². The standard InChI is InChI=1S/C10H8ClFN4O4S/c1-2-15-9(13-14-10(15)21(11,19)20)7-5-6(12)3-4-8(7)16(17)18/h3-5H,2H2,1H3. The summed E-state index contributed by atoms with van der Waals surface area (Å²) in [5.41, 5.74) is -0.599. The van der Waals surface area contributed by atoms with E-state index in [0.29, 0.717) is 0 Å². The minimum atomic E-state index is -4.18. The van der Waals surface area contributed by atoms with E-state index in [0.717, 1.165) is 22.8 Å². The number of hydrogen-bond acceptors (Lipinski definition) is 6. The fourth-order valence-electron chi connectivity index (χ4n) is 1.80. The van der Waals surface area contributed by atoms with Crippen molar-refractivity contribution in [3.63, 3.8) is 0 Å². The van der Waals surface area contributed by atoms with Crippen molar-refractivity contribution < 1.29 is 17.7 Å². The molecule has 21 heavy (non-hydrogen) atoms. The Kier molecular flexibility index (Phi) is 3.92. The number of rotatable bonds is 4. The second-order valence-corrected chi connectivity index (χ2v) is 6.37. The molecule has 0 aliphatic rings. The van der Waals surface area contributed by atoms with Gasteiger partial charge in [0.2, 0.25) is 0 Å². The van der Waals surface area contributed by atoms with Gasteiger partial charge in [-0.2, -0.15) is 0 Å². The van der Waals surface area contributed by atoms with Crippen molar-refractivity contribution in [3.8, 4) is 11.4 Å². The van der Waals surface area contributed by atoms with Crippen LogP contribution in [0.1, 0.15) is 6.92 Å². The zero-order valence-corrected chi connectivity index (χ0v) is 12.1. The molecule has 1 aromatic heterocycles. The number of nitrogens with zero attached hydrogens (tertiary/aromatic N) is 4. The summed E-state index contributed by atoms with van der Waals surface area (Å²) >= 11 is 0. The highest BCUT2D eigenvalue weighted by Gasteiger charge is 2.26. The molecule has 2 rings (SSSR count). The highest BCUT2D eigenvalue weighted by Crippen LogP contribution is 2.31. The first-order valence-corrected chi connectivity index (χ1v) is 7.88. The van der Waals surface area contributed by atoms with E-state index in [4.69, 9.17) is 10.7 Å². The van der Waals surface area contributed by atoms with Crippen LogP contribution in [0.2, 0.25) is 0 Å². The third-order valence-corrected chi connectivity index (χ3v) is 3.80. The fourth-order valence-corrected chi connectivity index (χ4v) is 2.76. The summed E-state index contributed by atoms with van der Waals surface area (Å²) in [5.74, 6) is -0.876. The molecule has 0 bridgehead atoms. The van der Waals surface area contributed by atoms with Crippen molar-refractivity contribution in [1.82, 2.24) is 14.8 Å². The Hall–Kier alpha value is -2.07. The Morgan fingerprint density at radius 2 is 2.10 bits per heavy atom. The van der Waals surface area contributed by atoms with Crippen LogP contribution >= 0.6 is 10.7 Å². The molecule has 8 nitrogen and oxygen atoms in total. The molecule has 1 heterocycles. The van der Waals surface area contributed by atoms with Gasteiger partial charge in [-0.05, 0) is 19.1 Å². The third kappa shape index (κ3) is 2.85. The lowest BCUT2D eigenvalue weighted by Crippen LogP contribution is -2.07. The van der Waals surface area contributed by atoms with Crippen LogP contribution in [0, 0.1) is 15.9 Å². The van der Waals surface area contributed by atoms with Gasteiger partial charge in [-0.3, -0.25) is 14.7 Å². The Balaban J connectivity index is 2.77. The molecule has 1 aromatic carbocycles. The second-order valence-electron chi connectivity index (χ2n) is 3.91. The predicted molar refractivity (Wildman–Crippen MR) is 70.8 cm³/mol. The van der Waals surface area contributed by atoms with Crippen LogP contribution in [-0.2, 0) is 15.6 Å². The Bertz CT molecular complexity index is 820. The highest BCUT2D eigenvalue weighted by molar-refractivity contribution is 8.13. The first-order chi connectivity index (χ1) is 9.75. The Labute approximate surface area is 122 Å². The average Bonchev–Trinajstić information content (AvgIpc) is 2.81. The van der Waals surface area contributed by atoms with Crippen molar-refractivity contribution in [3.05, 3.63) is 34.1 Å². The third-order valence-electron chi connectivity index (χ3n) is 2.65. The van der Waals surface area contributed by atoms with Crippen molar-refractivity contribution in [1.29, 1.82) is 0 Å². The zero-order chi connectivity index (χ0) is 15.8. The van der Waals surface area contributed by atoms with Crippen LogP contribution < -0.4 is 0 Å². The van der Waals surface area contributed by atoms with Crippen LogP contribution in [0.15, 0.2) is 23.4 Å². The summed E-state index contributed by atoms with van der Waals surface area (Å²) in [6.07, 6.45) is 0. The summed E-state index contributed by atoms with van der Waals surface area (Å²) < 4.78 is 37.2. The number of aromatic nitrogens is 3. The monoisotopic (exact) mass is 334 g/mol. The number of hydrogen-bond donors (Lipinski definition) is 0. The molecule has 0 saturated heterocycles. The molecule has 112 valence electrons. The van der Waals surface area contributed by atoms with E-state index < -0.39 is 30.6 Å². The molecule has 0 fully saturated rings. The maximum Gasteiger partial charge on any atom is 0.296 e. The first kappa shape index (κ1) is 15.3. The van der Waals surface area contributed by atoms with Crippen LogP contribution in [0.4, 0.5) is 10.1 Å². The molecule has 0 aliphatic heterocycles. The average molecular weight is 335 g/mol. The molecule has 0 unspecified atom stereocenters. The maximum absolute atomic E-state index is 13.3. The lowest BCUT2D eigenvalue weighted by Gasteiger charge is -2.06. The van der Waals surface area contributed by atoms with Crippen molar-refractivity contribution in [2.75, 3.05) is 0 Å². The molecule has 0 radical (unpaired) electrons. The normalized spacial score (nSPS) is 11.6. The molecule has 11 heteroatoms. The molecule has 0 spiro atoms. The van der Waals surface area contributed by atoms with E-state index in [1.54, 1.807) is 6.92 Å². The minimum Gasteiger partial charge on any atom is -0.297 e. The van der Waals surface area contributed by atoms with Gasteiger partial charge in [-0.1, -0.05) is 0 Å². The fraction of sp³-hybridized carbons (Fsp3) is 0.200. The molecular weight excluding hydrogens is 327 g/mol. The smallest absolute Gasteiger partial charge is 0.296 e. The van der Waals surface area contributed by atoms with Crippen LogP contribution in [0.5, 0.6) is 0 Å². The summed E-state index contributed by atoms with van der Waals surface area (Å²) in [7, 11) is 1.04. The van der Waals surface area contributed by atoms with Crippen LogP contribution in [-0.4, -0.2) is 28.1 Å². The highest BCUT2D eigenvalue weighted by atomic mass is 35.7.